The minimum Gasteiger partial charge on any atom is -0.453 e. The normalized spacial score (nSPS) is 12.9. The van der Waals surface area contributed by atoms with Crippen molar-refractivity contribution in [3.8, 4) is 23.0 Å². The quantitative estimate of drug-likeness (QED) is 0.273. The molecule has 0 saturated carbocycles. The lowest BCUT2D eigenvalue weighted by molar-refractivity contribution is 0.445. The van der Waals surface area contributed by atoms with Gasteiger partial charge in [0.05, 0.1) is 16.6 Å². The Bertz CT molecular complexity index is 1960. The molecule has 2 heterocycles. The summed E-state index contributed by atoms with van der Waals surface area (Å²) in [5.41, 5.74) is 2.72. The summed E-state index contributed by atoms with van der Waals surface area (Å²) < 4.78 is 12.6. The third-order valence-electron chi connectivity index (χ3n) is 7.13. The first-order valence-electron chi connectivity index (χ1n) is 12.0. The Hall–Kier alpha value is -5.16. The molecule has 6 aromatic carbocycles. The molecular formula is C32H17NO4. The number of anilines is 3. The first kappa shape index (κ1) is 20.1. The number of benzene rings is 6. The van der Waals surface area contributed by atoms with Gasteiger partial charge < -0.3 is 9.47 Å². The molecule has 0 bridgehead atoms. The van der Waals surface area contributed by atoms with Crippen LogP contribution in [0.2, 0.25) is 0 Å². The first-order valence-corrected chi connectivity index (χ1v) is 12.0. The van der Waals surface area contributed by atoms with Crippen LogP contribution in [0.15, 0.2) is 107 Å². The van der Waals surface area contributed by atoms with Gasteiger partial charge in [-0.3, -0.25) is 14.5 Å². The fourth-order valence-electron chi connectivity index (χ4n) is 5.54. The molecule has 174 valence electrons. The number of hydrogen-bond donors (Lipinski definition) is 0. The van der Waals surface area contributed by atoms with Crippen molar-refractivity contribution in [3.05, 3.63) is 128 Å². The lowest BCUT2D eigenvalue weighted by atomic mass is 9.98. The zero-order valence-electron chi connectivity index (χ0n) is 19.4. The molecule has 0 atom stereocenters. The number of nitrogens with zero attached hydrogens (tertiary/aromatic N) is 1. The van der Waals surface area contributed by atoms with Crippen LogP contribution >= 0.6 is 0 Å². The van der Waals surface area contributed by atoms with Crippen molar-refractivity contribution in [3.63, 3.8) is 0 Å². The third-order valence-corrected chi connectivity index (χ3v) is 7.13. The summed E-state index contributed by atoms with van der Waals surface area (Å²) in [6, 6.07) is 30.5. The molecule has 37 heavy (non-hydrogen) atoms. The maximum atomic E-state index is 13.5. The largest absolute Gasteiger partial charge is 0.453 e. The van der Waals surface area contributed by atoms with Crippen LogP contribution < -0.4 is 30.4 Å². The van der Waals surface area contributed by atoms with Crippen LogP contribution in [0, 0.1) is 0 Å². The van der Waals surface area contributed by atoms with Crippen LogP contribution in [0.25, 0.3) is 27.6 Å². The van der Waals surface area contributed by atoms with E-state index in [4.69, 9.17) is 9.47 Å². The predicted octanol–water partition coefficient (Wildman–Crippen LogP) is 6.38. The molecule has 2 aliphatic rings. The van der Waals surface area contributed by atoms with Crippen LogP contribution in [-0.4, -0.2) is 0 Å². The number of ether oxygens (including phenoxy) is 2. The van der Waals surface area contributed by atoms with Gasteiger partial charge in [-0.15, -0.1) is 0 Å². The van der Waals surface area contributed by atoms with Gasteiger partial charge in [-0.1, -0.05) is 60.7 Å². The van der Waals surface area contributed by atoms with Gasteiger partial charge in [-0.2, -0.15) is 0 Å². The van der Waals surface area contributed by atoms with Crippen molar-refractivity contribution in [1.29, 1.82) is 0 Å². The van der Waals surface area contributed by atoms with Gasteiger partial charge in [-0.25, -0.2) is 0 Å². The van der Waals surface area contributed by atoms with E-state index in [1.54, 1.807) is 18.2 Å². The lowest BCUT2D eigenvalue weighted by Gasteiger charge is -2.37. The maximum Gasteiger partial charge on any atom is 0.197 e. The third kappa shape index (κ3) is 2.74. The summed E-state index contributed by atoms with van der Waals surface area (Å²) in [4.78, 5) is 29.1. The zero-order valence-corrected chi connectivity index (χ0v) is 19.4. The molecule has 0 saturated heterocycles. The lowest BCUT2D eigenvalue weighted by Crippen LogP contribution is -2.38. The molecule has 0 unspecified atom stereocenters. The summed E-state index contributed by atoms with van der Waals surface area (Å²) in [7, 11) is 0. The van der Waals surface area contributed by atoms with Crippen molar-refractivity contribution in [2.45, 2.75) is 0 Å². The van der Waals surface area contributed by atoms with Crippen LogP contribution in [-0.2, 0) is 0 Å². The Morgan fingerprint density at radius 3 is 1.70 bits per heavy atom. The van der Waals surface area contributed by atoms with Gasteiger partial charge in [0, 0.05) is 16.2 Å². The minimum absolute atomic E-state index is 0.127. The first-order chi connectivity index (χ1) is 18.2. The van der Waals surface area contributed by atoms with Crippen LogP contribution in [0.5, 0.6) is 23.0 Å². The number of para-hydroxylation sites is 4. The Kier molecular flexibility index (Phi) is 3.90. The molecule has 0 aliphatic carbocycles. The molecule has 0 aromatic heterocycles. The van der Waals surface area contributed by atoms with E-state index in [0.29, 0.717) is 44.7 Å². The molecule has 0 amide bonds. The van der Waals surface area contributed by atoms with Crippen molar-refractivity contribution in [2.75, 3.05) is 4.90 Å². The Morgan fingerprint density at radius 2 is 1.14 bits per heavy atom. The van der Waals surface area contributed by atoms with E-state index in [1.165, 1.54) is 0 Å². The second-order valence-electron chi connectivity index (χ2n) is 9.27. The summed E-state index contributed by atoms with van der Waals surface area (Å²) in [5.74, 6) is 2.62. The highest BCUT2D eigenvalue weighted by molar-refractivity contribution is 6.09. The number of fused-ring (bicyclic) bond motifs is 4. The topological polar surface area (TPSA) is 55.8 Å². The Balaban J connectivity index is 1.41. The van der Waals surface area contributed by atoms with Crippen LogP contribution in [0.1, 0.15) is 5.56 Å². The summed E-state index contributed by atoms with van der Waals surface area (Å²) in [6.45, 7) is 0. The van der Waals surface area contributed by atoms with E-state index in [9.17, 15) is 9.59 Å². The molecule has 0 N–H and O–H groups in total. The molecular weight excluding hydrogens is 462 g/mol. The number of rotatable bonds is 1. The maximum absolute atomic E-state index is 13.5. The zero-order chi connectivity index (χ0) is 24.7. The SMILES string of the molecule is O=c1c(=Cc2cc3c4c(c2)Oc2ccccc2N4c2ccccc2O3)c(=O)c2cccc3cccc1c32. The predicted molar refractivity (Wildman–Crippen MR) is 145 cm³/mol. The van der Waals surface area contributed by atoms with E-state index < -0.39 is 0 Å². The van der Waals surface area contributed by atoms with Crippen LogP contribution in [0.3, 0.4) is 0 Å². The highest BCUT2D eigenvalue weighted by atomic mass is 16.5. The average Bonchev–Trinajstić information content (AvgIpc) is 2.93. The van der Waals surface area contributed by atoms with Gasteiger partial charge in [0.15, 0.2) is 33.9 Å². The standard InChI is InChI=1S/C32H17NO4/c34-31-20-9-5-7-19-8-6-10-21(29(19)20)32(35)22(31)15-18-16-27-30-28(17-18)37-26-14-4-2-12-24(26)33(30)23-11-1-3-13-25(23)36-27/h1-17H. The molecule has 0 radical (unpaired) electrons. The van der Waals surface area contributed by atoms with E-state index in [2.05, 4.69) is 4.90 Å². The van der Waals surface area contributed by atoms with Gasteiger partial charge >= 0.3 is 0 Å². The van der Waals surface area contributed by atoms with Crippen molar-refractivity contribution >= 4 is 44.7 Å². The van der Waals surface area contributed by atoms with Gasteiger partial charge in [-0.05, 0) is 53.4 Å². The smallest absolute Gasteiger partial charge is 0.197 e. The van der Waals surface area contributed by atoms with E-state index in [-0.39, 0.29) is 16.1 Å². The van der Waals surface area contributed by atoms with E-state index >= 15 is 0 Å². The Morgan fingerprint density at radius 1 is 0.595 bits per heavy atom. The molecule has 0 spiro atoms. The van der Waals surface area contributed by atoms with Crippen molar-refractivity contribution in [1.82, 2.24) is 0 Å². The highest BCUT2D eigenvalue weighted by Crippen LogP contribution is 2.59. The summed E-state index contributed by atoms with van der Waals surface area (Å²) in [6.07, 6.45) is 1.65. The van der Waals surface area contributed by atoms with Gasteiger partial charge in [0.2, 0.25) is 0 Å². The number of hydrogen-bond acceptors (Lipinski definition) is 5. The second-order valence-corrected chi connectivity index (χ2v) is 9.27. The van der Waals surface area contributed by atoms with Crippen LogP contribution in [0.4, 0.5) is 17.1 Å². The summed E-state index contributed by atoms with van der Waals surface area (Å²) in [5, 5.41) is 2.81. The fraction of sp³-hybridized carbons (Fsp3) is 0. The van der Waals surface area contributed by atoms with Crippen molar-refractivity contribution < 1.29 is 9.47 Å². The highest BCUT2D eigenvalue weighted by Gasteiger charge is 2.34. The molecule has 2 aliphatic heterocycles. The molecule has 8 rings (SSSR count). The molecule has 5 heteroatoms. The molecule has 5 nitrogen and oxygen atoms in total. The van der Waals surface area contributed by atoms with E-state index in [1.807, 2.05) is 84.9 Å². The van der Waals surface area contributed by atoms with Gasteiger partial charge in [0.25, 0.3) is 0 Å². The molecule has 0 fully saturated rings. The van der Waals surface area contributed by atoms with Gasteiger partial charge in [0.1, 0.15) is 5.69 Å². The fourth-order valence-corrected chi connectivity index (χ4v) is 5.54. The van der Waals surface area contributed by atoms with E-state index in [0.717, 1.165) is 22.4 Å². The Labute approximate surface area is 210 Å². The average molecular weight is 479 g/mol. The summed E-state index contributed by atoms with van der Waals surface area (Å²) >= 11 is 0. The second kappa shape index (κ2) is 7.18. The molecule has 6 aromatic rings. The minimum atomic E-state index is -0.278. The monoisotopic (exact) mass is 479 g/mol. The van der Waals surface area contributed by atoms with Crippen molar-refractivity contribution in [2.24, 2.45) is 0 Å².